The first-order valence-corrected chi connectivity index (χ1v) is 11.1. The number of nitrogens with one attached hydrogen (secondary N) is 1. The third kappa shape index (κ3) is 4.89. The third-order valence-corrected chi connectivity index (χ3v) is 7.05. The number of rotatable bonds is 6. The molecule has 1 saturated heterocycles. The van der Waals surface area contributed by atoms with E-state index in [0.29, 0.717) is 24.7 Å². The van der Waals surface area contributed by atoms with E-state index in [1.807, 2.05) is 0 Å². The Hall–Kier alpha value is -3.05. The maximum atomic E-state index is 14.2. The van der Waals surface area contributed by atoms with Crippen LogP contribution in [0.4, 0.5) is 14.5 Å². The van der Waals surface area contributed by atoms with Crippen molar-refractivity contribution < 1.29 is 36.3 Å². The van der Waals surface area contributed by atoms with Crippen LogP contribution in [0.15, 0.2) is 41.3 Å². The van der Waals surface area contributed by atoms with Gasteiger partial charge in [-0.2, -0.15) is 4.31 Å². The normalized spacial score (nSPS) is 16.9. The molecule has 0 bridgehead atoms. The summed E-state index contributed by atoms with van der Waals surface area (Å²) < 4.78 is 64.6. The fraction of sp³-hybridized carbons (Fsp3) is 0.333. The zero-order valence-corrected chi connectivity index (χ0v) is 18.2. The van der Waals surface area contributed by atoms with Crippen LogP contribution in [0, 0.1) is 17.6 Å². The first-order chi connectivity index (χ1) is 15.2. The molecule has 1 heterocycles. The number of piperidine rings is 1. The Kier molecular flexibility index (Phi) is 7.09. The molecule has 0 radical (unpaired) electrons. The van der Waals surface area contributed by atoms with Crippen molar-refractivity contribution in [3.8, 4) is 5.75 Å². The molecule has 0 saturated carbocycles. The summed E-state index contributed by atoms with van der Waals surface area (Å²) in [6.45, 7) is 0.127. The van der Waals surface area contributed by atoms with Gasteiger partial charge in [-0.3, -0.25) is 4.79 Å². The predicted octanol–water partition coefficient (Wildman–Crippen LogP) is 2.80. The van der Waals surface area contributed by atoms with Crippen molar-refractivity contribution >= 4 is 27.6 Å². The van der Waals surface area contributed by atoms with E-state index in [1.54, 1.807) is 0 Å². The Morgan fingerprint density at radius 2 is 1.78 bits per heavy atom. The molecule has 1 N–H and O–H groups in total. The van der Waals surface area contributed by atoms with Crippen LogP contribution in [-0.4, -0.2) is 51.9 Å². The van der Waals surface area contributed by atoms with E-state index in [-0.39, 0.29) is 18.0 Å². The van der Waals surface area contributed by atoms with E-state index >= 15 is 0 Å². The first kappa shape index (κ1) is 23.6. The van der Waals surface area contributed by atoms with Crippen molar-refractivity contribution in [1.29, 1.82) is 0 Å². The van der Waals surface area contributed by atoms with Gasteiger partial charge in [-0.15, -0.1) is 0 Å². The minimum absolute atomic E-state index is 0.0617. The summed E-state index contributed by atoms with van der Waals surface area (Å²) in [5, 5.41) is 2.33. The highest BCUT2D eigenvalue weighted by atomic mass is 32.2. The van der Waals surface area contributed by atoms with Crippen molar-refractivity contribution in [1.82, 2.24) is 4.31 Å². The van der Waals surface area contributed by atoms with E-state index in [0.717, 1.165) is 13.2 Å². The van der Waals surface area contributed by atoms with Gasteiger partial charge < -0.3 is 14.8 Å². The average Bonchev–Trinajstić information content (AvgIpc) is 2.80. The molecular formula is C21H22F2N2O6S. The maximum Gasteiger partial charge on any atom is 0.340 e. The lowest BCUT2D eigenvalue weighted by Gasteiger charge is -2.31. The van der Waals surface area contributed by atoms with Gasteiger partial charge in [-0.25, -0.2) is 22.0 Å². The Balaban J connectivity index is 1.76. The minimum Gasteiger partial charge on any atom is -0.497 e. The highest BCUT2D eigenvalue weighted by Crippen LogP contribution is 2.27. The van der Waals surface area contributed by atoms with Crippen LogP contribution < -0.4 is 10.1 Å². The number of carbonyl (C=O) groups excluding carboxylic acids is 2. The van der Waals surface area contributed by atoms with Gasteiger partial charge in [0.1, 0.15) is 17.4 Å². The van der Waals surface area contributed by atoms with Gasteiger partial charge in [0.15, 0.2) is 0 Å². The Bertz CT molecular complexity index is 1120. The predicted molar refractivity (Wildman–Crippen MR) is 111 cm³/mol. The number of benzene rings is 2. The fourth-order valence-corrected chi connectivity index (χ4v) is 4.94. The number of carbonyl (C=O) groups is 2. The van der Waals surface area contributed by atoms with Gasteiger partial charge >= 0.3 is 5.97 Å². The molecule has 1 amide bonds. The van der Waals surface area contributed by atoms with Gasteiger partial charge in [0.05, 0.1) is 36.3 Å². The number of sulfonamides is 1. The zero-order chi connectivity index (χ0) is 23.5. The van der Waals surface area contributed by atoms with Crippen molar-refractivity contribution in [2.75, 3.05) is 32.6 Å². The van der Waals surface area contributed by atoms with E-state index in [9.17, 15) is 26.8 Å². The standard InChI is InChI=1S/C21H22F2N2O6S/c1-30-14-5-7-15(8-6-14)32(28,29)25-9-3-4-13(12-25)20(26)24-19-10-16(21(27)31-2)17(22)11-18(19)23/h5-8,10-11,13H,3-4,9,12H2,1-2H3,(H,24,26). The summed E-state index contributed by atoms with van der Waals surface area (Å²) in [7, 11) is -1.34. The van der Waals surface area contributed by atoms with E-state index in [2.05, 4.69) is 10.1 Å². The second-order valence-electron chi connectivity index (χ2n) is 7.17. The topological polar surface area (TPSA) is 102 Å². The molecule has 1 aliphatic rings. The van der Waals surface area contributed by atoms with Gasteiger partial charge in [0, 0.05) is 19.2 Å². The van der Waals surface area contributed by atoms with Crippen LogP contribution in [0.25, 0.3) is 0 Å². The summed E-state index contributed by atoms with van der Waals surface area (Å²) in [4.78, 5) is 24.4. The summed E-state index contributed by atoms with van der Waals surface area (Å²) >= 11 is 0. The molecule has 3 rings (SSSR count). The van der Waals surface area contributed by atoms with Crippen LogP contribution in [-0.2, 0) is 19.6 Å². The number of anilines is 1. The van der Waals surface area contributed by atoms with Crippen LogP contribution in [0.3, 0.4) is 0 Å². The van der Waals surface area contributed by atoms with E-state index in [4.69, 9.17) is 4.74 Å². The SMILES string of the molecule is COC(=O)c1cc(NC(=O)C2CCCN(S(=O)(=O)c3ccc(OC)cc3)C2)c(F)cc1F. The third-order valence-electron chi connectivity index (χ3n) is 5.17. The molecule has 2 aromatic rings. The fourth-order valence-electron chi connectivity index (χ4n) is 3.42. The van der Waals surface area contributed by atoms with Crippen molar-refractivity contribution in [3.63, 3.8) is 0 Å². The summed E-state index contributed by atoms with van der Waals surface area (Å²) in [6.07, 6.45) is 0.805. The summed E-state index contributed by atoms with van der Waals surface area (Å²) in [6, 6.07) is 7.21. The van der Waals surface area contributed by atoms with Crippen LogP contribution in [0.2, 0.25) is 0 Å². The van der Waals surface area contributed by atoms with Crippen LogP contribution >= 0.6 is 0 Å². The van der Waals surface area contributed by atoms with Gasteiger partial charge in [-0.05, 0) is 43.2 Å². The molecule has 1 fully saturated rings. The number of hydrogen-bond acceptors (Lipinski definition) is 6. The second kappa shape index (κ2) is 9.61. The maximum absolute atomic E-state index is 14.2. The summed E-state index contributed by atoms with van der Waals surface area (Å²) in [5.74, 6) is -4.10. The highest BCUT2D eigenvalue weighted by molar-refractivity contribution is 7.89. The highest BCUT2D eigenvalue weighted by Gasteiger charge is 2.33. The number of hydrogen-bond donors (Lipinski definition) is 1. The lowest BCUT2D eigenvalue weighted by molar-refractivity contribution is -0.120. The molecule has 0 spiro atoms. The Labute approximate surface area is 184 Å². The van der Waals surface area contributed by atoms with Crippen molar-refractivity contribution in [2.45, 2.75) is 17.7 Å². The van der Waals surface area contributed by atoms with Gasteiger partial charge in [-0.1, -0.05) is 0 Å². The summed E-state index contributed by atoms with van der Waals surface area (Å²) in [5.41, 5.74) is -0.927. The second-order valence-corrected chi connectivity index (χ2v) is 9.11. The monoisotopic (exact) mass is 468 g/mol. The van der Waals surface area contributed by atoms with Crippen LogP contribution in [0.1, 0.15) is 23.2 Å². The molecule has 2 aromatic carbocycles. The molecular weight excluding hydrogens is 446 g/mol. The lowest BCUT2D eigenvalue weighted by atomic mass is 9.98. The number of amides is 1. The molecule has 32 heavy (non-hydrogen) atoms. The smallest absolute Gasteiger partial charge is 0.340 e. The first-order valence-electron chi connectivity index (χ1n) is 9.69. The lowest BCUT2D eigenvalue weighted by Crippen LogP contribution is -2.43. The molecule has 0 aliphatic carbocycles. The molecule has 0 aromatic heterocycles. The Morgan fingerprint density at radius 1 is 1.09 bits per heavy atom. The zero-order valence-electron chi connectivity index (χ0n) is 17.4. The Morgan fingerprint density at radius 3 is 2.41 bits per heavy atom. The number of nitrogens with zero attached hydrogens (tertiary/aromatic N) is 1. The largest absolute Gasteiger partial charge is 0.497 e. The van der Waals surface area contributed by atoms with Crippen molar-refractivity contribution in [3.05, 3.63) is 53.6 Å². The molecule has 1 aliphatic heterocycles. The molecule has 1 atom stereocenters. The average molecular weight is 468 g/mol. The number of halogens is 2. The number of methoxy groups -OCH3 is 2. The number of esters is 1. The van der Waals surface area contributed by atoms with Gasteiger partial charge in [0.2, 0.25) is 15.9 Å². The molecule has 8 nitrogen and oxygen atoms in total. The molecule has 172 valence electrons. The van der Waals surface area contributed by atoms with Crippen LogP contribution in [0.5, 0.6) is 5.75 Å². The van der Waals surface area contributed by atoms with E-state index in [1.165, 1.54) is 35.7 Å². The van der Waals surface area contributed by atoms with Crippen molar-refractivity contribution in [2.24, 2.45) is 5.92 Å². The van der Waals surface area contributed by atoms with E-state index < -0.39 is 50.7 Å². The minimum atomic E-state index is -3.85. The quantitative estimate of drug-likeness (QED) is 0.655. The molecule has 1 unspecified atom stereocenters. The molecule has 11 heteroatoms. The van der Waals surface area contributed by atoms with Gasteiger partial charge in [0.25, 0.3) is 0 Å². The number of ether oxygens (including phenoxy) is 2.